The molecule has 0 saturated heterocycles. The fraction of sp³-hybridized carbons (Fsp3) is 0.375. The molecule has 1 unspecified atom stereocenters. The van der Waals surface area contributed by atoms with Gasteiger partial charge >= 0.3 is 5.97 Å². The normalized spacial score (nSPS) is 17.7. The van der Waals surface area contributed by atoms with Gasteiger partial charge in [0.2, 0.25) is 5.91 Å². The number of rotatable bonds is 7. The van der Waals surface area contributed by atoms with Gasteiger partial charge in [0.25, 0.3) is 0 Å². The SMILES string of the molecule is C=CCOC(=O)C1=C(C)N=C2SC=C(CC(=O)N(C)CC)N2C1c1cc(C)ccc1C. The molecule has 1 aromatic carbocycles. The summed E-state index contributed by atoms with van der Waals surface area (Å²) in [4.78, 5) is 34.2. The number of ether oxygens (including phenoxy) is 1. The third-order valence-electron chi connectivity index (χ3n) is 5.51. The zero-order valence-electron chi connectivity index (χ0n) is 18.8. The number of aliphatic imine (C=N–C) groups is 1. The fourth-order valence-electron chi connectivity index (χ4n) is 3.66. The standard InChI is InChI=1S/C24H29N3O3S/c1-7-11-30-23(29)21-17(5)25-24-27(18(14-31-24)13-20(28)26(6)8-2)22(21)19-12-15(3)9-10-16(19)4/h7,9-10,12,14,22H,1,8,11,13H2,2-6H3. The Morgan fingerprint density at radius 3 is 2.74 bits per heavy atom. The van der Waals surface area contributed by atoms with Crippen LogP contribution in [0.25, 0.3) is 0 Å². The van der Waals surface area contributed by atoms with E-state index in [2.05, 4.69) is 29.8 Å². The topological polar surface area (TPSA) is 62.2 Å². The van der Waals surface area contributed by atoms with Gasteiger partial charge in [-0.3, -0.25) is 4.79 Å². The number of allylic oxidation sites excluding steroid dienone is 1. The third kappa shape index (κ3) is 4.61. The van der Waals surface area contributed by atoms with Crippen LogP contribution in [0.2, 0.25) is 0 Å². The van der Waals surface area contributed by atoms with E-state index in [0.717, 1.165) is 27.6 Å². The number of amidine groups is 1. The number of hydrogen-bond acceptors (Lipinski definition) is 6. The average molecular weight is 440 g/mol. The molecule has 0 aromatic heterocycles. The monoisotopic (exact) mass is 439 g/mol. The van der Waals surface area contributed by atoms with Crippen LogP contribution in [0.1, 0.15) is 43.0 Å². The molecule has 6 nitrogen and oxygen atoms in total. The van der Waals surface area contributed by atoms with Crippen LogP contribution in [0.5, 0.6) is 0 Å². The predicted molar refractivity (Wildman–Crippen MR) is 125 cm³/mol. The van der Waals surface area contributed by atoms with Crippen LogP contribution in [0.4, 0.5) is 0 Å². The molecule has 31 heavy (non-hydrogen) atoms. The molecule has 164 valence electrons. The van der Waals surface area contributed by atoms with Gasteiger partial charge < -0.3 is 14.5 Å². The van der Waals surface area contributed by atoms with E-state index in [0.29, 0.717) is 17.8 Å². The zero-order valence-corrected chi connectivity index (χ0v) is 19.6. The van der Waals surface area contributed by atoms with Gasteiger partial charge in [0.05, 0.1) is 23.7 Å². The van der Waals surface area contributed by atoms with Crippen molar-refractivity contribution in [1.29, 1.82) is 0 Å². The van der Waals surface area contributed by atoms with Gasteiger partial charge in [-0.25, -0.2) is 9.79 Å². The molecule has 1 amide bonds. The molecule has 0 spiro atoms. The van der Waals surface area contributed by atoms with Crippen LogP contribution in [0.15, 0.2) is 58.2 Å². The van der Waals surface area contributed by atoms with Gasteiger partial charge in [-0.2, -0.15) is 0 Å². The number of thioether (sulfide) groups is 1. The van der Waals surface area contributed by atoms with Crippen molar-refractivity contribution >= 4 is 28.8 Å². The molecule has 1 atom stereocenters. The Balaban J connectivity index is 2.10. The van der Waals surface area contributed by atoms with E-state index in [-0.39, 0.29) is 18.9 Å². The number of carbonyl (C=O) groups is 2. The maximum absolute atomic E-state index is 13.1. The summed E-state index contributed by atoms with van der Waals surface area (Å²) in [6.07, 6.45) is 1.79. The molecule has 2 heterocycles. The number of amides is 1. The molecule has 0 radical (unpaired) electrons. The van der Waals surface area contributed by atoms with Crippen molar-refractivity contribution in [3.8, 4) is 0 Å². The number of aryl methyl sites for hydroxylation is 2. The predicted octanol–water partition coefficient (Wildman–Crippen LogP) is 4.48. The van der Waals surface area contributed by atoms with Gasteiger partial charge in [0.15, 0.2) is 5.17 Å². The molecule has 0 N–H and O–H groups in total. The summed E-state index contributed by atoms with van der Waals surface area (Å²) in [6, 6.07) is 5.79. The Bertz CT molecular complexity index is 1010. The Labute approximate surface area is 188 Å². The second-order valence-corrected chi connectivity index (χ2v) is 8.56. The van der Waals surface area contributed by atoms with Crippen molar-refractivity contribution < 1.29 is 14.3 Å². The lowest BCUT2D eigenvalue weighted by Crippen LogP contribution is -2.38. The molecule has 1 aromatic rings. The number of benzene rings is 1. The number of nitrogens with zero attached hydrogens (tertiary/aromatic N) is 3. The summed E-state index contributed by atoms with van der Waals surface area (Å²) in [5, 5.41) is 2.73. The van der Waals surface area contributed by atoms with E-state index in [1.54, 1.807) is 18.0 Å². The summed E-state index contributed by atoms with van der Waals surface area (Å²) >= 11 is 1.48. The maximum atomic E-state index is 13.1. The zero-order chi connectivity index (χ0) is 22.7. The van der Waals surface area contributed by atoms with Gasteiger partial charge in [-0.05, 0) is 44.2 Å². The lowest BCUT2D eigenvalue weighted by Gasteiger charge is -2.37. The second-order valence-electron chi connectivity index (χ2n) is 7.72. The van der Waals surface area contributed by atoms with Crippen molar-refractivity contribution in [3.63, 3.8) is 0 Å². The Morgan fingerprint density at radius 1 is 1.32 bits per heavy atom. The molecular formula is C24H29N3O3S. The lowest BCUT2D eigenvalue weighted by molar-refractivity contribution is -0.138. The van der Waals surface area contributed by atoms with Crippen LogP contribution in [0, 0.1) is 13.8 Å². The molecule has 0 aliphatic carbocycles. The minimum atomic E-state index is -0.417. The summed E-state index contributed by atoms with van der Waals surface area (Å²) in [5.74, 6) is -0.392. The summed E-state index contributed by atoms with van der Waals surface area (Å²) in [5.41, 5.74) is 5.12. The van der Waals surface area contributed by atoms with Gasteiger partial charge in [-0.1, -0.05) is 48.2 Å². The average Bonchev–Trinajstić information content (AvgIpc) is 3.14. The van der Waals surface area contributed by atoms with Gasteiger partial charge in [-0.15, -0.1) is 0 Å². The molecule has 2 aliphatic rings. The van der Waals surface area contributed by atoms with Crippen LogP contribution in [-0.4, -0.2) is 47.0 Å². The first-order valence-electron chi connectivity index (χ1n) is 10.3. The summed E-state index contributed by atoms with van der Waals surface area (Å²) in [7, 11) is 1.79. The highest BCUT2D eigenvalue weighted by molar-refractivity contribution is 8.16. The number of carbonyl (C=O) groups excluding carboxylic acids is 2. The summed E-state index contributed by atoms with van der Waals surface area (Å²) < 4.78 is 5.43. The van der Waals surface area contributed by atoms with E-state index >= 15 is 0 Å². The number of hydrogen-bond donors (Lipinski definition) is 0. The van der Waals surface area contributed by atoms with Crippen molar-refractivity contribution in [1.82, 2.24) is 9.80 Å². The first-order valence-corrected chi connectivity index (χ1v) is 11.2. The molecule has 7 heteroatoms. The van der Waals surface area contributed by atoms with Crippen LogP contribution in [0.3, 0.4) is 0 Å². The Kier molecular flexibility index (Phi) is 7.05. The van der Waals surface area contributed by atoms with E-state index in [9.17, 15) is 9.59 Å². The first kappa shape index (κ1) is 22.9. The molecule has 2 aliphatic heterocycles. The minimum Gasteiger partial charge on any atom is -0.458 e. The van der Waals surface area contributed by atoms with E-state index in [1.165, 1.54) is 11.8 Å². The van der Waals surface area contributed by atoms with Crippen molar-refractivity contribution in [2.24, 2.45) is 4.99 Å². The highest BCUT2D eigenvalue weighted by Gasteiger charge is 2.41. The fourth-order valence-corrected chi connectivity index (χ4v) is 4.62. The number of esters is 1. The van der Waals surface area contributed by atoms with E-state index in [4.69, 9.17) is 4.74 Å². The highest BCUT2D eigenvalue weighted by atomic mass is 32.2. The largest absolute Gasteiger partial charge is 0.458 e. The molecule has 3 rings (SSSR count). The maximum Gasteiger partial charge on any atom is 0.338 e. The lowest BCUT2D eigenvalue weighted by atomic mass is 9.90. The van der Waals surface area contributed by atoms with Gasteiger partial charge in [0.1, 0.15) is 6.61 Å². The van der Waals surface area contributed by atoms with E-state index in [1.807, 2.05) is 38.0 Å². The van der Waals surface area contributed by atoms with Gasteiger partial charge in [0, 0.05) is 19.3 Å². The molecular weight excluding hydrogens is 410 g/mol. The highest BCUT2D eigenvalue weighted by Crippen LogP contribution is 2.45. The molecule has 0 bridgehead atoms. The second kappa shape index (κ2) is 9.56. The van der Waals surface area contributed by atoms with Crippen molar-refractivity contribution in [2.45, 2.75) is 40.2 Å². The van der Waals surface area contributed by atoms with Crippen molar-refractivity contribution in [3.05, 3.63) is 69.9 Å². The molecule has 0 fully saturated rings. The summed E-state index contributed by atoms with van der Waals surface area (Å²) in [6.45, 7) is 12.2. The van der Waals surface area contributed by atoms with Crippen molar-refractivity contribution in [2.75, 3.05) is 20.2 Å². The van der Waals surface area contributed by atoms with Crippen LogP contribution < -0.4 is 0 Å². The number of fused-ring (bicyclic) bond motifs is 1. The Hall–Kier alpha value is -2.80. The minimum absolute atomic E-state index is 0.0253. The Morgan fingerprint density at radius 2 is 2.06 bits per heavy atom. The quantitative estimate of drug-likeness (QED) is 0.463. The first-order chi connectivity index (χ1) is 14.8. The van der Waals surface area contributed by atoms with E-state index < -0.39 is 12.0 Å². The van der Waals surface area contributed by atoms with Crippen LogP contribution in [-0.2, 0) is 14.3 Å². The van der Waals surface area contributed by atoms with Crippen LogP contribution >= 0.6 is 11.8 Å². The molecule has 0 saturated carbocycles. The third-order valence-corrected chi connectivity index (χ3v) is 6.40. The smallest absolute Gasteiger partial charge is 0.338 e.